The van der Waals surface area contributed by atoms with Crippen molar-refractivity contribution in [1.82, 2.24) is 0 Å². The molecule has 12 heavy (non-hydrogen) atoms. The van der Waals surface area contributed by atoms with Crippen LogP contribution in [0.1, 0.15) is 0 Å². The molecule has 0 aliphatic carbocycles. The molecule has 0 aromatic heterocycles. The highest BCUT2D eigenvalue weighted by Gasteiger charge is 2.09. The van der Waals surface area contributed by atoms with E-state index in [0.717, 1.165) is 0 Å². The summed E-state index contributed by atoms with van der Waals surface area (Å²) in [7, 11) is 3.01. The third kappa shape index (κ3) is 5.45. The number of rotatable bonds is 7. The Labute approximate surface area is 71.9 Å². The maximum Gasteiger partial charge on any atom is 0.180 e. The summed E-state index contributed by atoms with van der Waals surface area (Å²) in [5.41, 5.74) is 0. The first kappa shape index (κ1) is 11.8. The van der Waals surface area contributed by atoms with Crippen LogP contribution in [0.4, 0.5) is 0 Å². The number of aliphatic hydroxyl groups is 2. The van der Waals surface area contributed by atoms with Gasteiger partial charge in [0.2, 0.25) is 0 Å². The number of ether oxygens (including phenoxy) is 3. The minimum atomic E-state index is -0.862. The number of hydrogen-bond acceptors (Lipinski definition) is 5. The summed E-state index contributed by atoms with van der Waals surface area (Å²) < 4.78 is 14.6. The zero-order chi connectivity index (χ0) is 9.40. The Morgan fingerprint density at radius 2 is 1.92 bits per heavy atom. The molecule has 0 radical (unpaired) electrons. The van der Waals surface area contributed by atoms with Crippen LogP contribution in [0, 0.1) is 0 Å². The zero-order valence-corrected chi connectivity index (χ0v) is 7.40. The Bertz CT molecular complexity index is 97.8. The number of methoxy groups -OCH3 is 2. The summed E-state index contributed by atoms with van der Waals surface area (Å²) in [6, 6.07) is 0. The highest BCUT2D eigenvalue weighted by atomic mass is 16.7. The third-order valence-electron chi connectivity index (χ3n) is 1.25. The first-order valence-corrected chi connectivity index (χ1v) is 3.66. The molecule has 0 aliphatic rings. The van der Waals surface area contributed by atoms with Gasteiger partial charge in [-0.25, -0.2) is 0 Å². The first-order chi connectivity index (χ1) is 5.74. The lowest BCUT2D eigenvalue weighted by Gasteiger charge is -2.16. The molecule has 0 aromatic carbocycles. The fourth-order valence-electron chi connectivity index (χ4n) is 0.591. The van der Waals surface area contributed by atoms with Crippen molar-refractivity contribution in [3.05, 3.63) is 0 Å². The minimum absolute atomic E-state index is 0.0400. The van der Waals surface area contributed by atoms with Gasteiger partial charge in [0.15, 0.2) is 6.29 Å². The van der Waals surface area contributed by atoms with Crippen molar-refractivity contribution in [2.24, 2.45) is 0 Å². The van der Waals surface area contributed by atoms with E-state index in [9.17, 15) is 0 Å². The topological polar surface area (TPSA) is 68.2 Å². The number of aliphatic hydroxyl groups excluding tert-OH is 2. The molecule has 2 N–H and O–H groups in total. The summed E-state index contributed by atoms with van der Waals surface area (Å²) >= 11 is 0. The van der Waals surface area contributed by atoms with Crippen LogP contribution in [0.15, 0.2) is 0 Å². The molecule has 0 heterocycles. The van der Waals surface area contributed by atoms with Crippen molar-refractivity contribution < 1.29 is 24.4 Å². The summed E-state index contributed by atoms with van der Waals surface area (Å²) in [6.45, 7) is 0.0242. The van der Waals surface area contributed by atoms with Crippen LogP contribution < -0.4 is 0 Å². The predicted molar refractivity (Wildman–Crippen MR) is 41.7 cm³/mol. The van der Waals surface area contributed by atoms with Crippen molar-refractivity contribution in [2.45, 2.75) is 12.4 Å². The van der Waals surface area contributed by atoms with Crippen LogP contribution >= 0.6 is 0 Å². The van der Waals surface area contributed by atoms with Crippen molar-refractivity contribution in [3.8, 4) is 0 Å². The molecular formula is C7H16O5. The van der Waals surface area contributed by atoms with Crippen LogP contribution in [0.2, 0.25) is 0 Å². The Morgan fingerprint density at radius 1 is 1.25 bits per heavy atom. The Hall–Kier alpha value is -0.200. The normalized spacial score (nSPS) is 16.0. The molecule has 5 heteroatoms. The van der Waals surface area contributed by atoms with Gasteiger partial charge in [0, 0.05) is 14.2 Å². The van der Waals surface area contributed by atoms with Gasteiger partial charge in [-0.05, 0) is 0 Å². The standard InChI is InChI=1S/C7H16O5/c1-10-5-7(11-2)12-4-6(9)3-8/h6-9H,3-5H2,1-2H3. The molecule has 74 valence electrons. The van der Waals surface area contributed by atoms with Crippen LogP contribution in [-0.2, 0) is 14.2 Å². The van der Waals surface area contributed by atoms with Gasteiger partial charge in [0.1, 0.15) is 6.10 Å². The third-order valence-corrected chi connectivity index (χ3v) is 1.25. The fraction of sp³-hybridized carbons (Fsp3) is 1.00. The Balaban J connectivity index is 3.43. The summed E-state index contributed by atoms with van der Waals surface area (Å²) in [5.74, 6) is 0. The minimum Gasteiger partial charge on any atom is -0.394 e. The molecule has 0 saturated heterocycles. The monoisotopic (exact) mass is 180 g/mol. The lowest BCUT2D eigenvalue weighted by molar-refractivity contribution is -0.168. The van der Waals surface area contributed by atoms with Crippen molar-refractivity contribution >= 4 is 0 Å². The zero-order valence-electron chi connectivity index (χ0n) is 7.40. The van der Waals surface area contributed by atoms with E-state index in [1.165, 1.54) is 14.2 Å². The molecule has 0 saturated carbocycles. The van der Waals surface area contributed by atoms with E-state index in [2.05, 4.69) is 0 Å². The van der Waals surface area contributed by atoms with Crippen LogP contribution in [0.25, 0.3) is 0 Å². The molecule has 0 rings (SSSR count). The van der Waals surface area contributed by atoms with E-state index < -0.39 is 12.4 Å². The van der Waals surface area contributed by atoms with Gasteiger partial charge in [0.25, 0.3) is 0 Å². The smallest absolute Gasteiger partial charge is 0.180 e. The van der Waals surface area contributed by atoms with Gasteiger partial charge in [-0.1, -0.05) is 0 Å². The molecule has 0 aromatic rings. The Kier molecular flexibility index (Phi) is 7.33. The van der Waals surface area contributed by atoms with Crippen LogP contribution in [0.5, 0.6) is 0 Å². The highest BCUT2D eigenvalue weighted by molar-refractivity contribution is 4.50. The van der Waals surface area contributed by atoms with Gasteiger partial charge in [-0.3, -0.25) is 0 Å². The van der Waals surface area contributed by atoms with Gasteiger partial charge in [-0.15, -0.1) is 0 Å². The second-order valence-corrected chi connectivity index (χ2v) is 2.29. The molecule has 0 amide bonds. The average molecular weight is 180 g/mol. The second kappa shape index (κ2) is 7.45. The van der Waals surface area contributed by atoms with Crippen molar-refractivity contribution in [3.63, 3.8) is 0 Å². The molecular weight excluding hydrogens is 164 g/mol. The predicted octanol–water partition coefficient (Wildman–Crippen LogP) is -1.02. The molecule has 0 bridgehead atoms. The van der Waals surface area contributed by atoms with E-state index in [1.807, 2.05) is 0 Å². The lowest BCUT2D eigenvalue weighted by atomic mass is 10.4. The summed E-state index contributed by atoms with van der Waals surface area (Å²) in [4.78, 5) is 0. The largest absolute Gasteiger partial charge is 0.394 e. The average Bonchev–Trinajstić information content (AvgIpc) is 2.11. The lowest BCUT2D eigenvalue weighted by Crippen LogP contribution is -2.28. The van der Waals surface area contributed by atoms with Crippen molar-refractivity contribution in [2.75, 3.05) is 34.0 Å². The summed E-state index contributed by atoms with van der Waals surface area (Å²) in [5, 5.41) is 17.3. The first-order valence-electron chi connectivity index (χ1n) is 3.66. The van der Waals surface area contributed by atoms with Crippen molar-refractivity contribution in [1.29, 1.82) is 0 Å². The van der Waals surface area contributed by atoms with Gasteiger partial charge >= 0.3 is 0 Å². The summed E-state index contributed by atoms with van der Waals surface area (Å²) in [6.07, 6.45) is -1.35. The molecule has 0 fully saturated rings. The highest BCUT2D eigenvalue weighted by Crippen LogP contribution is 1.95. The van der Waals surface area contributed by atoms with Crippen LogP contribution in [0.3, 0.4) is 0 Å². The van der Waals surface area contributed by atoms with E-state index >= 15 is 0 Å². The van der Waals surface area contributed by atoms with E-state index in [1.54, 1.807) is 0 Å². The number of hydrogen-bond donors (Lipinski definition) is 2. The molecule has 0 spiro atoms. The van der Waals surface area contributed by atoms with E-state index in [-0.39, 0.29) is 13.2 Å². The van der Waals surface area contributed by atoms with Gasteiger partial charge in [0.05, 0.1) is 19.8 Å². The van der Waals surface area contributed by atoms with E-state index in [0.29, 0.717) is 6.61 Å². The van der Waals surface area contributed by atoms with Gasteiger partial charge < -0.3 is 24.4 Å². The van der Waals surface area contributed by atoms with E-state index in [4.69, 9.17) is 24.4 Å². The second-order valence-electron chi connectivity index (χ2n) is 2.29. The molecule has 0 aliphatic heterocycles. The maximum atomic E-state index is 8.90. The van der Waals surface area contributed by atoms with Crippen LogP contribution in [-0.4, -0.2) is 56.6 Å². The molecule has 5 nitrogen and oxygen atoms in total. The Morgan fingerprint density at radius 3 is 2.33 bits per heavy atom. The fourth-order valence-corrected chi connectivity index (χ4v) is 0.591. The maximum absolute atomic E-state index is 8.90. The SMILES string of the molecule is COCC(OC)OCC(O)CO. The molecule has 2 atom stereocenters. The molecule has 2 unspecified atom stereocenters. The van der Waals surface area contributed by atoms with Gasteiger partial charge in [-0.2, -0.15) is 0 Å². The quantitative estimate of drug-likeness (QED) is 0.491.